The van der Waals surface area contributed by atoms with Gasteiger partial charge in [-0.15, -0.1) is 0 Å². The summed E-state index contributed by atoms with van der Waals surface area (Å²) >= 11 is 0. The van der Waals surface area contributed by atoms with E-state index in [9.17, 15) is 14.4 Å². The fraction of sp³-hybridized carbons (Fsp3) is 0.441. The van der Waals surface area contributed by atoms with E-state index in [1.54, 1.807) is 0 Å². The van der Waals surface area contributed by atoms with Crippen molar-refractivity contribution in [1.82, 2.24) is 4.90 Å². The van der Waals surface area contributed by atoms with Crippen LogP contribution >= 0.6 is 0 Å². The summed E-state index contributed by atoms with van der Waals surface area (Å²) in [6.45, 7) is 12.4. The summed E-state index contributed by atoms with van der Waals surface area (Å²) in [4.78, 5) is 42.0. The van der Waals surface area contributed by atoms with Crippen LogP contribution in [0.4, 0.5) is 5.69 Å². The summed E-state index contributed by atoms with van der Waals surface area (Å²) in [5.41, 5.74) is 7.09. The number of Topliss-reactive ketones (excluding diaryl/α,β-unsaturated/α-hetero) is 2. The summed E-state index contributed by atoms with van der Waals surface area (Å²) in [6.07, 6.45) is 2.52. The zero-order valence-corrected chi connectivity index (χ0v) is 24.7. The third-order valence-electron chi connectivity index (χ3n) is 8.43. The molecule has 40 heavy (non-hydrogen) atoms. The monoisotopic (exact) mass is 540 g/mol. The highest BCUT2D eigenvalue weighted by molar-refractivity contribution is 6.06. The molecule has 6 heteroatoms. The molecule has 1 N–H and O–H groups in total. The Labute approximate surface area is 237 Å². The number of carbonyl (C=O) groups is 3. The fourth-order valence-corrected chi connectivity index (χ4v) is 6.46. The molecule has 6 nitrogen and oxygen atoms in total. The van der Waals surface area contributed by atoms with Gasteiger partial charge in [0, 0.05) is 54.0 Å². The largest absolute Gasteiger partial charge is 0.484 e. The molecule has 0 spiro atoms. The van der Waals surface area contributed by atoms with E-state index in [0.717, 1.165) is 57.8 Å². The van der Waals surface area contributed by atoms with E-state index in [-0.39, 0.29) is 40.8 Å². The van der Waals surface area contributed by atoms with Gasteiger partial charge < -0.3 is 15.0 Å². The van der Waals surface area contributed by atoms with E-state index in [0.29, 0.717) is 18.6 Å². The lowest BCUT2D eigenvalue weighted by molar-refractivity contribution is -0.120. The molecule has 210 valence electrons. The van der Waals surface area contributed by atoms with Crippen LogP contribution in [0.5, 0.6) is 5.75 Å². The van der Waals surface area contributed by atoms with Crippen molar-refractivity contribution < 1.29 is 19.1 Å². The van der Waals surface area contributed by atoms with Crippen molar-refractivity contribution in [3.05, 3.63) is 81.7 Å². The molecule has 2 aromatic rings. The number of benzene rings is 2. The number of hydrogen-bond acceptors (Lipinski definition) is 5. The highest BCUT2D eigenvalue weighted by atomic mass is 16.5. The smallest absolute Gasteiger partial charge is 0.262 e. The van der Waals surface area contributed by atoms with Crippen molar-refractivity contribution in [3.63, 3.8) is 0 Å². The molecule has 1 amide bonds. The first kappa shape index (κ1) is 27.9. The van der Waals surface area contributed by atoms with Crippen LogP contribution in [-0.2, 0) is 14.4 Å². The molecule has 0 radical (unpaired) electrons. The molecular weight excluding hydrogens is 500 g/mol. The third-order valence-corrected chi connectivity index (χ3v) is 8.43. The molecule has 5 rings (SSSR count). The van der Waals surface area contributed by atoms with Gasteiger partial charge in [0.05, 0.1) is 0 Å². The van der Waals surface area contributed by atoms with Crippen LogP contribution < -0.4 is 10.1 Å². The van der Waals surface area contributed by atoms with Crippen LogP contribution in [0.25, 0.3) is 0 Å². The van der Waals surface area contributed by atoms with Crippen molar-refractivity contribution in [2.45, 2.75) is 73.1 Å². The van der Waals surface area contributed by atoms with E-state index < -0.39 is 0 Å². The second-order valence-electron chi connectivity index (χ2n) is 13.3. The van der Waals surface area contributed by atoms with Gasteiger partial charge in [0.25, 0.3) is 5.91 Å². The highest BCUT2D eigenvalue weighted by Crippen LogP contribution is 2.53. The van der Waals surface area contributed by atoms with Gasteiger partial charge in [-0.2, -0.15) is 0 Å². The molecule has 1 heterocycles. The first-order valence-corrected chi connectivity index (χ1v) is 14.1. The van der Waals surface area contributed by atoms with Gasteiger partial charge in [0.1, 0.15) is 5.75 Å². The minimum Gasteiger partial charge on any atom is -0.484 e. The van der Waals surface area contributed by atoms with Crippen molar-refractivity contribution in [3.8, 4) is 5.75 Å². The second-order valence-corrected chi connectivity index (χ2v) is 13.3. The summed E-state index contributed by atoms with van der Waals surface area (Å²) < 4.78 is 5.80. The van der Waals surface area contributed by atoms with Crippen LogP contribution in [0.2, 0.25) is 0 Å². The molecular formula is C34H40N2O4. The Bertz CT molecular complexity index is 1410. The van der Waals surface area contributed by atoms with Gasteiger partial charge in [-0.1, -0.05) is 52.0 Å². The highest BCUT2D eigenvalue weighted by Gasteiger charge is 2.48. The summed E-state index contributed by atoms with van der Waals surface area (Å²) in [5.74, 6) is 0.188. The molecule has 2 aliphatic carbocycles. The van der Waals surface area contributed by atoms with Gasteiger partial charge >= 0.3 is 0 Å². The number of nitrogens with one attached hydrogen (secondary N) is 1. The summed E-state index contributed by atoms with van der Waals surface area (Å²) in [7, 11) is 2.02. The standard InChI is InChI=1S/C34H40N2O4/c1-20-8-9-21(2)24(14-20)35-29(39)19-40-23-12-10-22(11-13-23)30-31-25(15-33(3,4)17-27(31)37)36(7)26-16-34(5,6)18-28(38)32(26)30/h8-14,30H,15-19H2,1-7H3,(H,35,39). The van der Waals surface area contributed by atoms with Crippen LogP contribution in [0.15, 0.2) is 65.0 Å². The lowest BCUT2D eigenvalue weighted by Gasteiger charge is -2.47. The zero-order chi connectivity index (χ0) is 29.0. The number of allylic oxidation sites excluding steroid dienone is 4. The predicted octanol–water partition coefficient (Wildman–Crippen LogP) is 6.64. The van der Waals surface area contributed by atoms with Gasteiger partial charge in [0.15, 0.2) is 18.2 Å². The average molecular weight is 541 g/mol. The van der Waals surface area contributed by atoms with Crippen molar-refractivity contribution >= 4 is 23.2 Å². The minimum atomic E-state index is -0.380. The second kappa shape index (κ2) is 10.1. The number of aryl methyl sites for hydroxylation is 2. The average Bonchev–Trinajstić information content (AvgIpc) is 2.85. The molecule has 0 saturated carbocycles. The van der Waals surface area contributed by atoms with Crippen molar-refractivity contribution in [2.24, 2.45) is 10.8 Å². The van der Waals surface area contributed by atoms with Crippen LogP contribution in [0.3, 0.4) is 0 Å². The van der Waals surface area contributed by atoms with E-state index in [4.69, 9.17) is 4.74 Å². The molecule has 0 unspecified atom stereocenters. The number of hydrogen-bond donors (Lipinski definition) is 1. The number of anilines is 1. The van der Waals surface area contributed by atoms with Crippen molar-refractivity contribution in [2.75, 3.05) is 19.0 Å². The maximum atomic E-state index is 13.6. The summed E-state index contributed by atoms with van der Waals surface area (Å²) in [5, 5.41) is 2.92. The van der Waals surface area contributed by atoms with E-state index >= 15 is 0 Å². The molecule has 3 aliphatic rings. The number of rotatable bonds is 5. The Morgan fingerprint density at radius 2 is 1.43 bits per heavy atom. The molecule has 2 aromatic carbocycles. The minimum absolute atomic E-state index is 0.118. The Balaban J connectivity index is 1.42. The normalized spacial score (nSPS) is 20.3. The first-order chi connectivity index (χ1) is 18.7. The SMILES string of the molecule is Cc1ccc(C)c(NC(=O)COc2ccc(C3C4=C(CC(C)(C)CC4=O)N(C)C4=C3C(=O)CC(C)(C)C4)cc2)c1. The molecule has 0 bridgehead atoms. The molecule has 0 aromatic heterocycles. The van der Waals surface area contributed by atoms with Gasteiger partial charge in [-0.25, -0.2) is 0 Å². The topological polar surface area (TPSA) is 75.7 Å². The maximum absolute atomic E-state index is 13.6. The molecule has 0 fully saturated rings. The van der Waals surface area contributed by atoms with Gasteiger partial charge in [-0.3, -0.25) is 14.4 Å². The quantitative estimate of drug-likeness (QED) is 0.460. The third kappa shape index (κ3) is 5.36. The predicted molar refractivity (Wildman–Crippen MR) is 157 cm³/mol. The Morgan fingerprint density at radius 1 is 0.875 bits per heavy atom. The van der Waals surface area contributed by atoms with E-state index in [1.807, 2.05) is 63.4 Å². The zero-order valence-electron chi connectivity index (χ0n) is 24.7. The lowest BCUT2D eigenvalue weighted by atomic mass is 9.64. The van der Waals surface area contributed by atoms with Crippen molar-refractivity contribution in [1.29, 1.82) is 0 Å². The van der Waals surface area contributed by atoms with E-state index in [2.05, 4.69) is 37.9 Å². The van der Waals surface area contributed by atoms with Gasteiger partial charge in [-0.05, 0) is 72.4 Å². The Hall–Kier alpha value is -3.67. The van der Waals surface area contributed by atoms with E-state index in [1.165, 1.54) is 0 Å². The van der Waals surface area contributed by atoms with Crippen LogP contribution in [0, 0.1) is 24.7 Å². The maximum Gasteiger partial charge on any atom is 0.262 e. The number of carbonyl (C=O) groups excluding carboxylic acids is 3. The Kier molecular flexibility index (Phi) is 7.01. The van der Waals surface area contributed by atoms with Crippen LogP contribution in [-0.4, -0.2) is 36.0 Å². The number of ether oxygens (including phenoxy) is 1. The lowest BCUT2D eigenvalue weighted by Crippen LogP contribution is -2.43. The van der Waals surface area contributed by atoms with Gasteiger partial charge in [0.2, 0.25) is 0 Å². The number of nitrogens with zero attached hydrogens (tertiary/aromatic N) is 1. The molecule has 0 saturated heterocycles. The number of ketones is 2. The number of amides is 1. The molecule has 1 aliphatic heterocycles. The van der Waals surface area contributed by atoms with Crippen LogP contribution in [0.1, 0.15) is 76.0 Å². The summed E-state index contributed by atoms with van der Waals surface area (Å²) in [6, 6.07) is 13.4. The molecule has 0 atom stereocenters. The first-order valence-electron chi connectivity index (χ1n) is 14.1. The fourth-order valence-electron chi connectivity index (χ4n) is 6.46. The Morgan fingerprint density at radius 3 is 1.98 bits per heavy atom.